The summed E-state index contributed by atoms with van der Waals surface area (Å²) in [6, 6.07) is 0. The minimum atomic E-state index is -1.53. The maximum absolute atomic E-state index is 5.40. The smallest absolute Gasteiger partial charge is 0.209 e. The summed E-state index contributed by atoms with van der Waals surface area (Å²) in [5, 5.41) is 0. The van der Waals surface area contributed by atoms with Gasteiger partial charge in [-0.15, -0.1) is 0 Å². The predicted octanol–water partition coefficient (Wildman–Crippen LogP) is 2.32. The van der Waals surface area contributed by atoms with Crippen LogP contribution < -0.4 is 0 Å². The minimum absolute atomic E-state index is 1.53. The van der Waals surface area contributed by atoms with Gasteiger partial charge in [0.05, 0.1) is 0 Å². The van der Waals surface area contributed by atoms with Crippen molar-refractivity contribution < 1.29 is 8.85 Å². The molecule has 0 aliphatic carbocycles. The van der Waals surface area contributed by atoms with Crippen LogP contribution in [0.4, 0.5) is 0 Å². The Kier molecular flexibility index (Phi) is 4.40. The van der Waals surface area contributed by atoms with Crippen molar-refractivity contribution in [2.24, 2.45) is 0 Å². The van der Waals surface area contributed by atoms with Gasteiger partial charge in [-0.1, -0.05) is 11.4 Å². The topological polar surface area (TPSA) is 18.5 Å². The second-order valence-corrected chi connectivity index (χ2v) is 11.8. The third-order valence-electron chi connectivity index (χ3n) is 1.94. The van der Waals surface area contributed by atoms with Crippen LogP contribution in [0, 0.1) is 0 Å². The normalized spacial score (nSPS) is 14.2. The Morgan fingerprint density at radius 1 is 0.750 bits per heavy atom. The molecule has 0 aliphatic heterocycles. The lowest BCUT2D eigenvalue weighted by Crippen LogP contribution is -2.31. The van der Waals surface area contributed by atoms with E-state index in [9.17, 15) is 0 Å². The Morgan fingerprint density at radius 2 is 1.00 bits per heavy atom. The Balaban J connectivity index is 4.23. The molecule has 0 saturated carbocycles. The monoisotopic (exact) mass is 204 g/mol. The average Bonchev–Trinajstić information content (AvgIpc) is 2.02. The fourth-order valence-electron chi connectivity index (χ4n) is 0.537. The van der Waals surface area contributed by atoms with Crippen LogP contribution in [0.2, 0.25) is 26.2 Å². The summed E-state index contributed by atoms with van der Waals surface area (Å²) in [5.41, 5.74) is 4.42. The van der Waals surface area contributed by atoms with E-state index in [1.165, 1.54) is 0 Å². The van der Waals surface area contributed by atoms with Gasteiger partial charge in [-0.25, -0.2) is 0 Å². The molecular weight excluding hydrogens is 184 g/mol. The zero-order chi connectivity index (χ0) is 9.83. The lowest BCUT2D eigenvalue weighted by atomic mass is 11.2. The van der Waals surface area contributed by atoms with Gasteiger partial charge in [-0.2, -0.15) is 0 Å². The highest BCUT2D eigenvalue weighted by atomic mass is 28.4. The fourth-order valence-corrected chi connectivity index (χ4v) is 4.02. The van der Waals surface area contributed by atoms with Crippen molar-refractivity contribution in [1.82, 2.24) is 0 Å². The quantitative estimate of drug-likeness (QED) is 0.654. The van der Waals surface area contributed by atoms with Gasteiger partial charge in [-0.3, -0.25) is 0 Å². The molecule has 4 heteroatoms. The van der Waals surface area contributed by atoms with Gasteiger partial charge < -0.3 is 8.85 Å². The van der Waals surface area contributed by atoms with E-state index in [-0.39, 0.29) is 0 Å². The first-order chi connectivity index (χ1) is 5.33. The summed E-state index contributed by atoms with van der Waals surface area (Å²) >= 11 is 0. The molecule has 0 radical (unpaired) electrons. The first kappa shape index (κ1) is 12.1. The molecule has 0 aliphatic rings. The summed E-state index contributed by atoms with van der Waals surface area (Å²) in [6.45, 7) is 8.68. The molecule has 0 aromatic heterocycles. The van der Waals surface area contributed by atoms with E-state index in [0.29, 0.717) is 0 Å². The molecule has 0 bridgehead atoms. The molecule has 2 nitrogen and oxygen atoms in total. The van der Waals surface area contributed by atoms with Gasteiger partial charge in [-0.05, 0) is 26.2 Å². The van der Waals surface area contributed by atoms with Crippen LogP contribution in [0.5, 0.6) is 0 Å². The maximum atomic E-state index is 5.40. The molecule has 0 amide bonds. The van der Waals surface area contributed by atoms with Crippen LogP contribution in [0.1, 0.15) is 0 Å². The highest BCUT2D eigenvalue weighted by Gasteiger charge is 2.21. The molecule has 72 valence electrons. The Bertz CT molecular complexity index is 146. The third-order valence-corrected chi connectivity index (χ3v) is 6.31. The molecule has 0 aromatic rings. The lowest BCUT2D eigenvalue weighted by Gasteiger charge is -2.19. The van der Waals surface area contributed by atoms with E-state index in [1.807, 2.05) is 0 Å². The highest BCUT2D eigenvalue weighted by Crippen LogP contribution is 2.09. The zero-order valence-corrected chi connectivity index (χ0v) is 11.0. The van der Waals surface area contributed by atoms with Crippen molar-refractivity contribution >= 4 is 16.6 Å². The molecule has 0 atom stereocenters. The number of rotatable bonds is 4. The second-order valence-electron chi connectivity index (χ2n) is 3.95. The molecule has 0 spiro atoms. The fraction of sp³-hybridized carbons (Fsp3) is 0.750. The van der Waals surface area contributed by atoms with Crippen molar-refractivity contribution in [2.45, 2.75) is 26.2 Å². The molecule has 0 unspecified atom stereocenters. The van der Waals surface area contributed by atoms with Crippen LogP contribution >= 0.6 is 0 Å². The summed E-state index contributed by atoms with van der Waals surface area (Å²) in [6.07, 6.45) is 0. The maximum Gasteiger partial charge on any atom is 0.209 e. The lowest BCUT2D eigenvalue weighted by molar-refractivity contribution is 0.411. The molecule has 0 aromatic carbocycles. The van der Waals surface area contributed by atoms with Crippen molar-refractivity contribution in [3.63, 3.8) is 0 Å². The van der Waals surface area contributed by atoms with E-state index in [1.54, 1.807) is 14.2 Å². The Hall–Kier alpha value is 0.0938. The molecular formula is C8H20O2Si2. The molecule has 0 heterocycles. The van der Waals surface area contributed by atoms with Gasteiger partial charge in [0.25, 0.3) is 0 Å². The first-order valence-corrected chi connectivity index (χ1v) is 10.1. The highest BCUT2D eigenvalue weighted by molar-refractivity contribution is 6.81. The van der Waals surface area contributed by atoms with Crippen molar-refractivity contribution in [2.75, 3.05) is 14.2 Å². The zero-order valence-electron chi connectivity index (χ0n) is 8.97. The molecule has 0 N–H and O–H groups in total. The van der Waals surface area contributed by atoms with Gasteiger partial charge in [0.15, 0.2) is 0 Å². The SMILES string of the molecule is CO[Si](C)(C)/C=C/[Si](C)(C)OC. The summed E-state index contributed by atoms with van der Waals surface area (Å²) in [5.74, 6) is 0. The summed E-state index contributed by atoms with van der Waals surface area (Å²) < 4.78 is 10.8. The Morgan fingerprint density at radius 3 is 1.17 bits per heavy atom. The number of hydrogen-bond acceptors (Lipinski definition) is 2. The van der Waals surface area contributed by atoms with E-state index in [2.05, 4.69) is 37.6 Å². The molecule has 0 saturated heterocycles. The number of hydrogen-bond donors (Lipinski definition) is 0. The first-order valence-electron chi connectivity index (χ1n) is 4.14. The third kappa shape index (κ3) is 4.87. The van der Waals surface area contributed by atoms with Gasteiger partial charge in [0.1, 0.15) is 0 Å². The van der Waals surface area contributed by atoms with E-state index in [0.717, 1.165) is 0 Å². The summed E-state index contributed by atoms with van der Waals surface area (Å²) in [7, 11) is 0.493. The van der Waals surface area contributed by atoms with Crippen LogP contribution in [-0.2, 0) is 8.85 Å². The van der Waals surface area contributed by atoms with Crippen molar-refractivity contribution in [3.8, 4) is 0 Å². The van der Waals surface area contributed by atoms with Gasteiger partial charge >= 0.3 is 0 Å². The molecule has 0 fully saturated rings. The molecule has 12 heavy (non-hydrogen) atoms. The van der Waals surface area contributed by atoms with E-state index >= 15 is 0 Å². The van der Waals surface area contributed by atoms with Crippen molar-refractivity contribution in [3.05, 3.63) is 11.4 Å². The second kappa shape index (κ2) is 4.36. The predicted molar refractivity (Wildman–Crippen MR) is 58.1 cm³/mol. The van der Waals surface area contributed by atoms with Crippen LogP contribution in [0.15, 0.2) is 11.4 Å². The summed E-state index contributed by atoms with van der Waals surface area (Å²) in [4.78, 5) is 0. The van der Waals surface area contributed by atoms with Crippen LogP contribution in [0.3, 0.4) is 0 Å². The largest absolute Gasteiger partial charge is 0.417 e. The van der Waals surface area contributed by atoms with E-state index in [4.69, 9.17) is 8.85 Å². The average molecular weight is 204 g/mol. The van der Waals surface area contributed by atoms with E-state index < -0.39 is 16.6 Å². The van der Waals surface area contributed by atoms with Crippen LogP contribution in [0.25, 0.3) is 0 Å². The van der Waals surface area contributed by atoms with Gasteiger partial charge in [0.2, 0.25) is 16.6 Å². The van der Waals surface area contributed by atoms with Crippen molar-refractivity contribution in [1.29, 1.82) is 0 Å². The van der Waals surface area contributed by atoms with Gasteiger partial charge in [0, 0.05) is 14.2 Å². The minimum Gasteiger partial charge on any atom is -0.417 e. The molecule has 0 rings (SSSR count). The van der Waals surface area contributed by atoms with Crippen LogP contribution in [-0.4, -0.2) is 30.9 Å². The standard InChI is InChI=1S/C8H20O2Si2/c1-9-11(3,4)7-8-12(5,6)10-2/h7-8H,1-6H3/b8-7+. The Labute approximate surface area is 77.8 Å².